The van der Waals surface area contributed by atoms with Crippen molar-refractivity contribution in [1.82, 2.24) is 4.57 Å². The van der Waals surface area contributed by atoms with Crippen molar-refractivity contribution < 1.29 is 9.13 Å². The highest BCUT2D eigenvalue weighted by atomic mass is 19.1. The van der Waals surface area contributed by atoms with E-state index in [1.165, 1.54) is 12.1 Å². The first-order valence-corrected chi connectivity index (χ1v) is 7.72. The summed E-state index contributed by atoms with van der Waals surface area (Å²) in [6.45, 7) is 5.74. The van der Waals surface area contributed by atoms with Gasteiger partial charge in [-0.1, -0.05) is 26.0 Å². The van der Waals surface area contributed by atoms with Crippen LogP contribution in [0.3, 0.4) is 0 Å². The van der Waals surface area contributed by atoms with Crippen molar-refractivity contribution >= 4 is 5.90 Å². The van der Waals surface area contributed by atoms with Gasteiger partial charge in [0.15, 0.2) is 0 Å². The molecule has 0 aliphatic carbocycles. The summed E-state index contributed by atoms with van der Waals surface area (Å²) in [5, 5.41) is 0. The molecule has 3 nitrogen and oxygen atoms in total. The average molecular weight is 300 g/mol. The van der Waals surface area contributed by atoms with Crippen LogP contribution in [0, 0.1) is 11.7 Å². The number of hydrogen-bond donors (Lipinski definition) is 0. The molecule has 0 amide bonds. The number of aliphatic imine (C=N–C) groups is 1. The van der Waals surface area contributed by atoms with Gasteiger partial charge >= 0.3 is 0 Å². The van der Waals surface area contributed by atoms with E-state index in [0.29, 0.717) is 19.1 Å². The molecular weight excluding hydrogens is 279 g/mol. The van der Waals surface area contributed by atoms with Crippen LogP contribution in [0.15, 0.2) is 47.6 Å². The Morgan fingerprint density at radius 1 is 1.27 bits per heavy atom. The second-order valence-electron chi connectivity index (χ2n) is 6.18. The van der Waals surface area contributed by atoms with Crippen molar-refractivity contribution in [2.45, 2.75) is 32.9 Å². The topological polar surface area (TPSA) is 26.5 Å². The fourth-order valence-corrected chi connectivity index (χ4v) is 2.75. The summed E-state index contributed by atoms with van der Waals surface area (Å²) in [4.78, 5) is 4.70. The van der Waals surface area contributed by atoms with Gasteiger partial charge in [0.25, 0.3) is 0 Å². The zero-order valence-corrected chi connectivity index (χ0v) is 13.0. The van der Waals surface area contributed by atoms with Crippen molar-refractivity contribution in [3.05, 3.63) is 59.7 Å². The van der Waals surface area contributed by atoms with Crippen LogP contribution in [0.25, 0.3) is 0 Å². The summed E-state index contributed by atoms with van der Waals surface area (Å²) < 4.78 is 20.9. The molecule has 1 aromatic heterocycles. The predicted molar refractivity (Wildman–Crippen MR) is 85.7 cm³/mol. The van der Waals surface area contributed by atoms with E-state index < -0.39 is 0 Å². The number of nitrogens with zero attached hydrogens (tertiary/aromatic N) is 2. The van der Waals surface area contributed by atoms with Crippen LogP contribution in [0.4, 0.5) is 4.39 Å². The number of halogens is 1. The van der Waals surface area contributed by atoms with E-state index in [-0.39, 0.29) is 11.9 Å². The molecule has 0 unspecified atom stereocenters. The maximum atomic E-state index is 13.0. The lowest BCUT2D eigenvalue weighted by Crippen LogP contribution is -2.11. The molecule has 1 aliphatic heterocycles. The molecule has 1 atom stereocenters. The molecular formula is C18H21FN2O. The van der Waals surface area contributed by atoms with Crippen molar-refractivity contribution in [3.63, 3.8) is 0 Å². The monoisotopic (exact) mass is 300 g/mol. The average Bonchev–Trinajstić information content (AvgIpc) is 3.10. The van der Waals surface area contributed by atoms with E-state index in [9.17, 15) is 4.39 Å². The van der Waals surface area contributed by atoms with Crippen molar-refractivity contribution in [1.29, 1.82) is 0 Å². The van der Waals surface area contributed by atoms with Gasteiger partial charge in [-0.3, -0.25) is 0 Å². The molecule has 116 valence electrons. The van der Waals surface area contributed by atoms with Gasteiger partial charge in [-0.05, 0) is 42.2 Å². The van der Waals surface area contributed by atoms with E-state index in [1.807, 2.05) is 18.3 Å². The Balaban J connectivity index is 1.76. The van der Waals surface area contributed by atoms with Crippen LogP contribution in [0.1, 0.15) is 31.5 Å². The quantitative estimate of drug-likeness (QED) is 0.823. The number of hydrogen-bond acceptors (Lipinski definition) is 2. The van der Waals surface area contributed by atoms with E-state index in [1.54, 1.807) is 12.1 Å². The van der Waals surface area contributed by atoms with E-state index in [2.05, 4.69) is 18.4 Å². The summed E-state index contributed by atoms with van der Waals surface area (Å²) in [5.74, 6) is 1.12. The lowest BCUT2D eigenvalue weighted by molar-refractivity contribution is 0.300. The number of rotatable bonds is 5. The third-order valence-corrected chi connectivity index (χ3v) is 3.77. The molecule has 1 aliphatic rings. The zero-order chi connectivity index (χ0) is 15.5. The van der Waals surface area contributed by atoms with E-state index in [4.69, 9.17) is 9.73 Å². The van der Waals surface area contributed by atoms with Crippen LogP contribution in [-0.4, -0.2) is 23.1 Å². The van der Waals surface area contributed by atoms with Crippen LogP contribution < -0.4 is 0 Å². The number of ether oxygens (including phenoxy) is 1. The molecule has 0 radical (unpaired) electrons. The fourth-order valence-electron chi connectivity index (χ4n) is 2.75. The van der Waals surface area contributed by atoms with Gasteiger partial charge in [0.1, 0.15) is 18.1 Å². The highest BCUT2D eigenvalue weighted by molar-refractivity contribution is 5.93. The lowest BCUT2D eigenvalue weighted by atomic mass is 10.1. The Kier molecular flexibility index (Phi) is 4.27. The minimum absolute atomic E-state index is 0.212. The van der Waals surface area contributed by atoms with Gasteiger partial charge in [0, 0.05) is 12.7 Å². The zero-order valence-electron chi connectivity index (χ0n) is 13.0. The number of benzene rings is 1. The van der Waals surface area contributed by atoms with E-state index >= 15 is 0 Å². The molecule has 0 N–H and O–H groups in total. The first kappa shape index (κ1) is 14.8. The molecule has 0 bridgehead atoms. The van der Waals surface area contributed by atoms with Crippen LogP contribution in [0.5, 0.6) is 0 Å². The third-order valence-electron chi connectivity index (χ3n) is 3.77. The fraction of sp³-hybridized carbons (Fsp3) is 0.389. The molecule has 0 saturated heterocycles. The highest BCUT2D eigenvalue weighted by Gasteiger charge is 2.22. The molecule has 4 heteroatoms. The second-order valence-corrected chi connectivity index (χ2v) is 6.18. The molecule has 0 fully saturated rings. The van der Waals surface area contributed by atoms with Crippen molar-refractivity contribution in [3.8, 4) is 0 Å². The van der Waals surface area contributed by atoms with Gasteiger partial charge < -0.3 is 9.30 Å². The lowest BCUT2D eigenvalue weighted by Gasteiger charge is -2.09. The maximum Gasteiger partial charge on any atom is 0.233 e. The highest BCUT2D eigenvalue weighted by Crippen LogP contribution is 2.19. The minimum Gasteiger partial charge on any atom is -0.474 e. The molecule has 2 heterocycles. The van der Waals surface area contributed by atoms with E-state index in [0.717, 1.165) is 23.6 Å². The maximum absolute atomic E-state index is 13.0. The van der Waals surface area contributed by atoms with Gasteiger partial charge in [0.05, 0.1) is 6.04 Å². The Hall–Kier alpha value is -2.10. The molecule has 1 aromatic carbocycles. The molecule has 3 rings (SSSR count). The predicted octanol–water partition coefficient (Wildman–Crippen LogP) is 3.87. The standard InChI is InChI=1S/C18H21FN2O/c1-13(2)10-16-12-22-18(20-16)17-4-3-9-21(17)11-14-5-7-15(19)8-6-14/h3-9,13,16H,10-12H2,1-2H3/t16-/m0/s1. The molecule has 2 aromatic rings. The van der Waals surface area contributed by atoms with Gasteiger partial charge in [-0.25, -0.2) is 9.38 Å². The minimum atomic E-state index is -0.212. The Morgan fingerprint density at radius 2 is 2.05 bits per heavy atom. The van der Waals surface area contributed by atoms with Crippen molar-refractivity contribution in [2.24, 2.45) is 10.9 Å². The van der Waals surface area contributed by atoms with Gasteiger partial charge in [-0.2, -0.15) is 0 Å². The third kappa shape index (κ3) is 3.38. The van der Waals surface area contributed by atoms with Gasteiger partial charge in [-0.15, -0.1) is 0 Å². The van der Waals surface area contributed by atoms with Crippen LogP contribution in [-0.2, 0) is 11.3 Å². The summed E-state index contributed by atoms with van der Waals surface area (Å²) >= 11 is 0. The van der Waals surface area contributed by atoms with Crippen molar-refractivity contribution in [2.75, 3.05) is 6.61 Å². The molecule has 0 spiro atoms. The summed E-state index contributed by atoms with van der Waals surface area (Å²) in [5.41, 5.74) is 2.03. The van der Waals surface area contributed by atoms with Crippen LogP contribution >= 0.6 is 0 Å². The summed E-state index contributed by atoms with van der Waals surface area (Å²) in [7, 11) is 0. The largest absolute Gasteiger partial charge is 0.474 e. The molecule has 22 heavy (non-hydrogen) atoms. The Labute approximate surface area is 130 Å². The smallest absolute Gasteiger partial charge is 0.233 e. The second kappa shape index (κ2) is 6.34. The normalized spacial score (nSPS) is 17.6. The summed E-state index contributed by atoms with van der Waals surface area (Å²) in [6.07, 6.45) is 3.04. The molecule has 0 saturated carbocycles. The SMILES string of the molecule is CC(C)C[C@H]1COC(c2cccn2Cc2ccc(F)cc2)=N1. The van der Waals surface area contributed by atoms with Gasteiger partial charge in [0.2, 0.25) is 5.90 Å². The number of aromatic nitrogens is 1. The Bertz CT molecular complexity index is 658. The first-order chi connectivity index (χ1) is 10.6. The Morgan fingerprint density at radius 3 is 2.77 bits per heavy atom. The van der Waals surface area contributed by atoms with Crippen LogP contribution in [0.2, 0.25) is 0 Å². The summed E-state index contributed by atoms with van der Waals surface area (Å²) in [6, 6.07) is 10.8. The first-order valence-electron chi connectivity index (χ1n) is 7.72.